The summed E-state index contributed by atoms with van der Waals surface area (Å²) in [6.45, 7) is 13.3. The molecule has 1 atom stereocenters. The Bertz CT molecular complexity index is 1020. The molecule has 5 heteroatoms. The predicted octanol–water partition coefficient (Wildman–Crippen LogP) is 8.08. The van der Waals surface area contributed by atoms with E-state index < -0.39 is 0 Å². The minimum Gasteiger partial charge on any atom is -0.493 e. The molecule has 1 fully saturated rings. The van der Waals surface area contributed by atoms with Gasteiger partial charge in [-0.25, -0.2) is 0 Å². The second kappa shape index (κ2) is 16.6. The third-order valence-electron chi connectivity index (χ3n) is 6.13. The second-order valence-corrected chi connectivity index (χ2v) is 10.1. The van der Waals surface area contributed by atoms with Gasteiger partial charge in [0.2, 0.25) is 5.91 Å². The molecule has 5 nitrogen and oxygen atoms in total. The van der Waals surface area contributed by atoms with Gasteiger partial charge in [0.05, 0.1) is 24.8 Å². The lowest BCUT2D eigenvalue weighted by Gasteiger charge is -2.14. The lowest BCUT2D eigenvalue weighted by molar-refractivity contribution is -0.121. The van der Waals surface area contributed by atoms with Crippen molar-refractivity contribution in [3.63, 3.8) is 0 Å². The van der Waals surface area contributed by atoms with E-state index in [-0.39, 0.29) is 18.4 Å². The van der Waals surface area contributed by atoms with Crippen molar-refractivity contribution < 1.29 is 14.1 Å². The van der Waals surface area contributed by atoms with Crippen molar-refractivity contribution >= 4 is 5.91 Å². The zero-order valence-corrected chi connectivity index (χ0v) is 23.7. The average molecular weight is 507 g/mol. The summed E-state index contributed by atoms with van der Waals surface area (Å²) in [4.78, 5) is 11.9. The molecule has 1 N–H and O–H groups in total. The van der Waals surface area contributed by atoms with Crippen LogP contribution in [0.4, 0.5) is 0 Å². The zero-order chi connectivity index (χ0) is 27.0. The summed E-state index contributed by atoms with van der Waals surface area (Å²) < 4.78 is 10.6. The first-order valence-corrected chi connectivity index (χ1v) is 13.8. The van der Waals surface area contributed by atoms with Gasteiger partial charge in [-0.3, -0.25) is 4.79 Å². The monoisotopic (exact) mass is 506 g/mol. The van der Waals surface area contributed by atoms with Crippen LogP contribution in [-0.2, 0) is 11.2 Å². The Morgan fingerprint density at radius 1 is 0.973 bits per heavy atom. The number of unbranched alkanes of at least 4 members (excludes halogenated alkanes) is 3. The molecule has 1 aromatic heterocycles. The van der Waals surface area contributed by atoms with Crippen LogP contribution in [0.2, 0.25) is 0 Å². The highest BCUT2D eigenvalue weighted by Gasteiger charge is 2.21. The Balaban J connectivity index is 0.000000227. The Kier molecular flexibility index (Phi) is 13.5. The van der Waals surface area contributed by atoms with Crippen LogP contribution in [0, 0.1) is 26.7 Å². The first kappa shape index (κ1) is 30.1. The van der Waals surface area contributed by atoms with Crippen LogP contribution in [0.5, 0.6) is 5.75 Å². The highest BCUT2D eigenvalue weighted by Crippen LogP contribution is 2.29. The van der Waals surface area contributed by atoms with Crippen molar-refractivity contribution in [3.8, 4) is 5.75 Å². The molecule has 1 amide bonds. The lowest BCUT2D eigenvalue weighted by Crippen LogP contribution is -2.27. The van der Waals surface area contributed by atoms with E-state index >= 15 is 0 Å². The quantitative estimate of drug-likeness (QED) is 0.282. The van der Waals surface area contributed by atoms with E-state index in [1.165, 1.54) is 49.7 Å². The highest BCUT2D eigenvalue weighted by molar-refractivity contribution is 5.78. The molecule has 1 unspecified atom stereocenters. The zero-order valence-electron chi connectivity index (χ0n) is 23.7. The summed E-state index contributed by atoms with van der Waals surface area (Å²) in [5.41, 5.74) is 4.37. The molecular formula is C32H46N2O3. The predicted molar refractivity (Wildman–Crippen MR) is 152 cm³/mol. The third kappa shape index (κ3) is 13.2. The van der Waals surface area contributed by atoms with Gasteiger partial charge in [0.1, 0.15) is 11.5 Å². The summed E-state index contributed by atoms with van der Waals surface area (Å²) in [5, 5.41) is 6.71. The fraction of sp³-hybridized carbons (Fsp3) is 0.500. The van der Waals surface area contributed by atoms with E-state index in [9.17, 15) is 4.79 Å². The lowest BCUT2D eigenvalue weighted by atomic mass is 10.1. The summed E-state index contributed by atoms with van der Waals surface area (Å²) in [6, 6.07) is 18.1. The van der Waals surface area contributed by atoms with E-state index in [0.29, 0.717) is 5.76 Å². The van der Waals surface area contributed by atoms with Crippen molar-refractivity contribution in [1.82, 2.24) is 10.5 Å². The Hall–Kier alpha value is -3.08. The average Bonchev–Trinajstić information content (AvgIpc) is 3.63. The van der Waals surface area contributed by atoms with Crippen LogP contribution < -0.4 is 10.1 Å². The standard InChI is InChI=1S/C15H18N2O2.C11H14O.C6H14/c1-10-4-6-13(7-5-10)12(3)16-15(18)9-14-8-11(2)17-19-14;1-9-2-6-11(7-3-9)12-8-10-4-5-10;1-3-5-6-4-2/h4-8,12H,9H2,1-3H3,(H,16,18);2-3,6-7,10H,4-5,8H2,1H3;3-6H2,1-2H3. The Morgan fingerprint density at radius 2 is 1.54 bits per heavy atom. The number of amides is 1. The van der Waals surface area contributed by atoms with E-state index in [2.05, 4.69) is 43.4 Å². The summed E-state index contributed by atoms with van der Waals surface area (Å²) in [6.07, 6.45) is 8.46. The molecule has 0 aliphatic heterocycles. The third-order valence-corrected chi connectivity index (χ3v) is 6.13. The topological polar surface area (TPSA) is 64.4 Å². The number of carbonyl (C=O) groups excluding carboxylic acids is 1. The number of nitrogens with zero attached hydrogens (tertiary/aromatic N) is 1. The molecule has 1 aliphatic carbocycles. The summed E-state index contributed by atoms with van der Waals surface area (Å²) in [7, 11) is 0. The molecule has 0 saturated heterocycles. The van der Waals surface area contributed by atoms with Crippen molar-refractivity contribution in [2.45, 2.75) is 92.5 Å². The van der Waals surface area contributed by atoms with Gasteiger partial charge in [-0.15, -0.1) is 0 Å². The Morgan fingerprint density at radius 3 is 2.03 bits per heavy atom. The minimum atomic E-state index is -0.0655. The van der Waals surface area contributed by atoms with E-state index in [1.807, 2.05) is 57.2 Å². The van der Waals surface area contributed by atoms with E-state index in [0.717, 1.165) is 29.5 Å². The maximum atomic E-state index is 11.9. The fourth-order valence-corrected chi connectivity index (χ4v) is 3.52. The highest BCUT2D eigenvalue weighted by atomic mass is 16.5. The number of aryl methyl sites for hydroxylation is 3. The number of hydrogen-bond donors (Lipinski definition) is 1. The van der Waals surface area contributed by atoms with Crippen molar-refractivity contribution in [3.05, 3.63) is 82.7 Å². The number of hydrogen-bond acceptors (Lipinski definition) is 4. The molecular weight excluding hydrogens is 460 g/mol. The molecule has 37 heavy (non-hydrogen) atoms. The van der Waals surface area contributed by atoms with Gasteiger partial charge in [0, 0.05) is 6.07 Å². The Labute approximate surface area is 224 Å². The molecule has 3 aromatic rings. The first-order valence-electron chi connectivity index (χ1n) is 13.8. The van der Waals surface area contributed by atoms with Crippen molar-refractivity contribution in [1.29, 1.82) is 0 Å². The molecule has 0 bridgehead atoms. The van der Waals surface area contributed by atoms with E-state index in [1.54, 1.807) is 6.07 Å². The molecule has 202 valence electrons. The number of rotatable bonds is 10. The summed E-state index contributed by atoms with van der Waals surface area (Å²) in [5.74, 6) is 2.37. The van der Waals surface area contributed by atoms with E-state index in [4.69, 9.17) is 9.26 Å². The number of nitrogens with one attached hydrogen (secondary N) is 1. The summed E-state index contributed by atoms with van der Waals surface area (Å²) >= 11 is 0. The van der Waals surface area contributed by atoms with Crippen molar-refractivity contribution in [2.75, 3.05) is 6.61 Å². The van der Waals surface area contributed by atoms with Gasteiger partial charge in [-0.1, -0.05) is 92.2 Å². The van der Waals surface area contributed by atoms with Gasteiger partial charge in [-0.05, 0) is 64.2 Å². The van der Waals surface area contributed by atoms with Gasteiger partial charge < -0.3 is 14.6 Å². The molecule has 4 rings (SSSR count). The van der Waals surface area contributed by atoms with Crippen LogP contribution in [0.1, 0.15) is 93.5 Å². The molecule has 0 spiro atoms. The van der Waals surface area contributed by atoms with Gasteiger partial charge in [0.25, 0.3) is 0 Å². The van der Waals surface area contributed by atoms with Gasteiger partial charge in [0.15, 0.2) is 0 Å². The second-order valence-electron chi connectivity index (χ2n) is 10.1. The first-order chi connectivity index (χ1) is 17.8. The normalized spacial score (nSPS) is 12.9. The van der Waals surface area contributed by atoms with Crippen LogP contribution in [0.3, 0.4) is 0 Å². The van der Waals surface area contributed by atoms with Gasteiger partial charge in [-0.2, -0.15) is 0 Å². The molecule has 1 saturated carbocycles. The molecule has 2 aromatic carbocycles. The minimum absolute atomic E-state index is 0.0166. The fourth-order valence-electron chi connectivity index (χ4n) is 3.52. The van der Waals surface area contributed by atoms with Crippen LogP contribution in [0.25, 0.3) is 0 Å². The van der Waals surface area contributed by atoms with Crippen LogP contribution in [-0.4, -0.2) is 17.7 Å². The maximum Gasteiger partial charge on any atom is 0.228 e. The SMILES string of the molecule is CCCCCC.Cc1ccc(C(C)NC(=O)Cc2cc(C)no2)cc1.Cc1ccc(OCC2CC2)cc1. The molecule has 1 heterocycles. The molecule has 1 aliphatic rings. The number of benzene rings is 2. The number of carbonyl (C=O) groups is 1. The van der Waals surface area contributed by atoms with Crippen LogP contribution in [0.15, 0.2) is 59.1 Å². The van der Waals surface area contributed by atoms with Crippen molar-refractivity contribution in [2.24, 2.45) is 5.92 Å². The van der Waals surface area contributed by atoms with Gasteiger partial charge >= 0.3 is 0 Å². The number of ether oxygens (including phenoxy) is 1. The largest absolute Gasteiger partial charge is 0.493 e. The number of aromatic nitrogens is 1. The van der Waals surface area contributed by atoms with Crippen LogP contribution >= 0.6 is 0 Å². The molecule has 0 radical (unpaired) electrons. The maximum absolute atomic E-state index is 11.9. The smallest absolute Gasteiger partial charge is 0.228 e.